The number of carbonyl (C=O) groups is 1. The number of carbonyl (C=O) groups excluding carboxylic acids is 1. The Kier molecular flexibility index (Phi) is 4.52. The Hall–Kier alpha value is -2.43. The molecule has 0 saturated heterocycles. The Morgan fingerprint density at radius 3 is 2.76 bits per heavy atom. The number of ether oxygens (including phenoxy) is 1. The van der Waals surface area contributed by atoms with Gasteiger partial charge < -0.3 is 20.4 Å². The summed E-state index contributed by atoms with van der Waals surface area (Å²) in [6.45, 7) is 4.65. The summed E-state index contributed by atoms with van der Waals surface area (Å²) >= 11 is 0. The minimum Gasteiger partial charge on any atom is -0.491 e. The Labute approximate surface area is 124 Å². The zero-order chi connectivity index (χ0) is 15.4. The van der Waals surface area contributed by atoms with Crippen molar-refractivity contribution in [2.75, 3.05) is 17.7 Å². The van der Waals surface area contributed by atoms with Crippen molar-refractivity contribution in [2.45, 2.75) is 20.3 Å². The van der Waals surface area contributed by atoms with Gasteiger partial charge in [0.25, 0.3) is 5.91 Å². The van der Waals surface area contributed by atoms with E-state index >= 15 is 0 Å². The van der Waals surface area contributed by atoms with E-state index in [-0.39, 0.29) is 5.91 Å². The van der Waals surface area contributed by atoms with Crippen LogP contribution in [0.4, 0.5) is 11.4 Å². The first kappa shape index (κ1) is 15.0. The van der Waals surface area contributed by atoms with Gasteiger partial charge in [-0.05, 0) is 37.1 Å². The molecule has 0 aliphatic rings. The van der Waals surface area contributed by atoms with Crippen LogP contribution in [0.2, 0.25) is 0 Å². The minimum absolute atomic E-state index is 0.209. The van der Waals surface area contributed by atoms with E-state index in [2.05, 4.69) is 5.32 Å². The molecule has 1 aromatic carbocycles. The molecule has 1 amide bonds. The number of nitrogen functional groups attached to an aromatic ring is 1. The van der Waals surface area contributed by atoms with Crippen LogP contribution in [0, 0.1) is 6.92 Å². The van der Waals surface area contributed by atoms with E-state index in [1.807, 2.05) is 32.0 Å². The summed E-state index contributed by atoms with van der Waals surface area (Å²) in [5.74, 6) is 0.479. The first-order valence-corrected chi connectivity index (χ1v) is 6.98. The molecule has 0 radical (unpaired) electrons. The van der Waals surface area contributed by atoms with Gasteiger partial charge in [-0.2, -0.15) is 0 Å². The fourth-order valence-electron chi connectivity index (χ4n) is 2.07. The number of nitrogens with two attached hydrogens (primary N) is 1. The third kappa shape index (κ3) is 3.56. The second kappa shape index (κ2) is 6.35. The van der Waals surface area contributed by atoms with Gasteiger partial charge >= 0.3 is 0 Å². The van der Waals surface area contributed by atoms with Gasteiger partial charge in [0.05, 0.1) is 18.0 Å². The Morgan fingerprint density at radius 2 is 2.14 bits per heavy atom. The number of hydrogen-bond acceptors (Lipinski definition) is 3. The molecule has 0 atom stereocenters. The molecule has 3 N–H and O–H groups in total. The lowest BCUT2D eigenvalue weighted by Gasteiger charge is -2.13. The molecule has 0 aliphatic carbocycles. The molecule has 5 heteroatoms. The molecule has 1 heterocycles. The van der Waals surface area contributed by atoms with Gasteiger partial charge in [-0.25, -0.2) is 0 Å². The molecule has 2 rings (SSSR count). The zero-order valence-corrected chi connectivity index (χ0v) is 12.6. The van der Waals surface area contributed by atoms with Crippen LogP contribution < -0.4 is 15.8 Å². The van der Waals surface area contributed by atoms with Crippen molar-refractivity contribution in [3.8, 4) is 5.75 Å². The summed E-state index contributed by atoms with van der Waals surface area (Å²) in [4.78, 5) is 12.3. The summed E-state index contributed by atoms with van der Waals surface area (Å²) in [6, 6.07) is 7.36. The molecule has 2 aromatic rings. The van der Waals surface area contributed by atoms with Crippen molar-refractivity contribution >= 4 is 17.3 Å². The molecular weight excluding hydrogens is 266 g/mol. The summed E-state index contributed by atoms with van der Waals surface area (Å²) in [5, 5.41) is 2.88. The largest absolute Gasteiger partial charge is 0.491 e. The van der Waals surface area contributed by atoms with Crippen LogP contribution >= 0.6 is 0 Å². The molecule has 5 nitrogen and oxygen atoms in total. The zero-order valence-electron chi connectivity index (χ0n) is 12.6. The van der Waals surface area contributed by atoms with Crippen LogP contribution in [0.25, 0.3) is 0 Å². The molecule has 0 unspecified atom stereocenters. The van der Waals surface area contributed by atoms with Gasteiger partial charge in [0, 0.05) is 13.2 Å². The molecular formula is C16H21N3O2. The predicted molar refractivity (Wildman–Crippen MR) is 84.7 cm³/mol. The minimum atomic E-state index is -0.209. The van der Waals surface area contributed by atoms with E-state index < -0.39 is 0 Å². The first-order chi connectivity index (χ1) is 10.0. The number of benzene rings is 1. The highest BCUT2D eigenvalue weighted by Crippen LogP contribution is 2.26. The number of aromatic nitrogens is 1. The van der Waals surface area contributed by atoms with Gasteiger partial charge in [0.1, 0.15) is 11.4 Å². The number of rotatable bonds is 5. The Balaban J connectivity index is 2.22. The van der Waals surface area contributed by atoms with E-state index in [1.54, 1.807) is 23.9 Å². The van der Waals surface area contributed by atoms with Gasteiger partial charge in [-0.1, -0.05) is 13.0 Å². The van der Waals surface area contributed by atoms with Crippen molar-refractivity contribution in [3.05, 3.63) is 41.7 Å². The summed E-state index contributed by atoms with van der Waals surface area (Å²) < 4.78 is 7.39. The third-order valence-electron chi connectivity index (χ3n) is 3.11. The highest BCUT2D eigenvalue weighted by Gasteiger charge is 2.13. The van der Waals surface area contributed by atoms with Crippen molar-refractivity contribution in [1.82, 2.24) is 4.57 Å². The standard InChI is InChI=1S/C16H21N3O2/c1-4-7-21-15-8-11(2)5-6-13(15)18-16(20)14-9-12(17)10-19(14)3/h5-6,8-10H,4,7,17H2,1-3H3,(H,18,20). The van der Waals surface area contributed by atoms with Crippen molar-refractivity contribution < 1.29 is 9.53 Å². The lowest BCUT2D eigenvalue weighted by atomic mass is 10.2. The smallest absolute Gasteiger partial charge is 0.272 e. The lowest BCUT2D eigenvalue weighted by molar-refractivity contribution is 0.101. The fraction of sp³-hybridized carbons (Fsp3) is 0.312. The fourth-order valence-corrected chi connectivity index (χ4v) is 2.07. The van der Waals surface area contributed by atoms with Crippen LogP contribution in [0.1, 0.15) is 29.4 Å². The first-order valence-electron chi connectivity index (χ1n) is 6.98. The SMILES string of the molecule is CCCOc1cc(C)ccc1NC(=O)c1cc(N)cn1C. The van der Waals surface area contributed by atoms with Gasteiger partial charge in [0.2, 0.25) is 0 Å². The topological polar surface area (TPSA) is 69.3 Å². The van der Waals surface area contributed by atoms with E-state index in [0.29, 0.717) is 29.4 Å². The number of nitrogens with zero attached hydrogens (tertiary/aromatic N) is 1. The maximum atomic E-state index is 12.3. The molecule has 1 aromatic heterocycles. The summed E-state index contributed by atoms with van der Waals surface area (Å²) in [5.41, 5.74) is 8.52. The molecule has 0 aliphatic heterocycles. The predicted octanol–water partition coefficient (Wildman–Crippen LogP) is 2.96. The van der Waals surface area contributed by atoms with Gasteiger partial charge in [-0.15, -0.1) is 0 Å². The highest BCUT2D eigenvalue weighted by molar-refractivity contribution is 6.04. The number of hydrogen-bond donors (Lipinski definition) is 2. The van der Waals surface area contributed by atoms with Crippen molar-refractivity contribution in [1.29, 1.82) is 0 Å². The van der Waals surface area contributed by atoms with E-state index in [1.165, 1.54) is 0 Å². The third-order valence-corrected chi connectivity index (χ3v) is 3.11. The summed E-state index contributed by atoms with van der Waals surface area (Å²) in [7, 11) is 1.79. The second-order valence-electron chi connectivity index (χ2n) is 5.07. The van der Waals surface area contributed by atoms with Crippen LogP contribution in [0.5, 0.6) is 5.75 Å². The molecule has 0 spiro atoms. The van der Waals surface area contributed by atoms with E-state index in [4.69, 9.17) is 10.5 Å². The van der Waals surface area contributed by atoms with E-state index in [9.17, 15) is 4.79 Å². The van der Waals surface area contributed by atoms with E-state index in [0.717, 1.165) is 12.0 Å². The molecule has 0 bridgehead atoms. The normalized spacial score (nSPS) is 10.4. The average molecular weight is 287 g/mol. The highest BCUT2D eigenvalue weighted by atomic mass is 16.5. The summed E-state index contributed by atoms with van der Waals surface area (Å²) in [6.07, 6.45) is 2.62. The van der Waals surface area contributed by atoms with Crippen LogP contribution in [0.15, 0.2) is 30.5 Å². The monoisotopic (exact) mass is 287 g/mol. The second-order valence-corrected chi connectivity index (χ2v) is 5.07. The maximum Gasteiger partial charge on any atom is 0.272 e. The van der Waals surface area contributed by atoms with Crippen molar-refractivity contribution in [3.63, 3.8) is 0 Å². The number of amides is 1. The number of anilines is 2. The quantitative estimate of drug-likeness (QED) is 0.888. The van der Waals surface area contributed by atoms with Crippen LogP contribution in [0.3, 0.4) is 0 Å². The molecule has 112 valence electrons. The maximum absolute atomic E-state index is 12.3. The molecule has 21 heavy (non-hydrogen) atoms. The average Bonchev–Trinajstić information content (AvgIpc) is 2.78. The molecule has 0 fully saturated rings. The molecule has 0 saturated carbocycles. The van der Waals surface area contributed by atoms with Gasteiger partial charge in [0.15, 0.2) is 0 Å². The lowest BCUT2D eigenvalue weighted by Crippen LogP contribution is -2.16. The Morgan fingerprint density at radius 1 is 1.38 bits per heavy atom. The van der Waals surface area contributed by atoms with Crippen LogP contribution in [-0.2, 0) is 7.05 Å². The van der Waals surface area contributed by atoms with Crippen molar-refractivity contribution in [2.24, 2.45) is 7.05 Å². The van der Waals surface area contributed by atoms with Crippen LogP contribution in [-0.4, -0.2) is 17.1 Å². The number of nitrogens with one attached hydrogen (secondary N) is 1. The Bertz CT molecular complexity index is 647. The number of aryl methyl sites for hydroxylation is 2. The van der Waals surface area contributed by atoms with Gasteiger partial charge in [-0.3, -0.25) is 4.79 Å².